The van der Waals surface area contributed by atoms with Crippen molar-refractivity contribution >= 4 is 34.6 Å². The monoisotopic (exact) mass is 551 g/mol. The van der Waals surface area contributed by atoms with Crippen LogP contribution < -0.4 is 15.5 Å². The Morgan fingerprint density at radius 3 is 2.30 bits per heavy atom. The Morgan fingerprint density at radius 1 is 0.950 bits per heavy atom. The van der Waals surface area contributed by atoms with E-state index in [2.05, 4.69) is 84.2 Å². The summed E-state index contributed by atoms with van der Waals surface area (Å²) in [5, 5.41) is 7.28. The van der Waals surface area contributed by atoms with Gasteiger partial charge in [-0.2, -0.15) is 0 Å². The van der Waals surface area contributed by atoms with Crippen molar-refractivity contribution in [1.29, 1.82) is 0 Å². The SMILES string of the molecule is Cc1cc(N2C(=S)N[C@H](c3ccccn3)[C@@H]2c2cc(C)n(-c3c(C)cccc3C)c2C)ccc1NC(=O)C(C)C. The van der Waals surface area contributed by atoms with Gasteiger partial charge in [0.15, 0.2) is 5.11 Å². The molecule has 1 aliphatic rings. The number of carbonyl (C=O) groups is 1. The Morgan fingerprint density at radius 2 is 1.68 bits per heavy atom. The predicted octanol–water partition coefficient (Wildman–Crippen LogP) is 7.19. The lowest BCUT2D eigenvalue weighted by molar-refractivity contribution is -0.118. The van der Waals surface area contributed by atoms with Crippen molar-refractivity contribution in [3.8, 4) is 5.69 Å². The molecule has 0 spiro atoms. The van der Waals surface area contributed by atoms with E-state index in [1.165, 1.54) is 33.8 Å². The summed E-state index contributed by atoms with van der Waals surface area (Å²) in [4.78, 5) is 19.3. The lowest BCUT2D eigenvalue weighted by Crippen LogP contribution is -2.29. The van der Waals surface area contributed by atoms with Crippen molar-refractivity contribution < 1.29 is 4.79 Å². The van der Waals surface area contributed by atoms with Crippen molar-refractivity contribution in [1.82, 2.24) is 14.9 Å². The van der Waals surface area contributed by atoms with E-state index in [9.17, 15) is 4.79 Å². The van der Waals surface area contributed by atoms with Crippen LogP contribution >= 0.6 is 12.2 Å². The number of nitrogens with zero attached hydrogens (tertiary/aromatic N) is 3. The van der Waals surface area contributed by atoms with Gasteiger partial charge in [-0.15, -0.1) is 0 Å². The van der Waals surface area contributed by atoms with Crippen molar-refractivity contribution in [2.45, 2.75) is 60.5 Å². The zero-order valence-corrected chi connectivity index (χ0v) is 25.1. The maximum Gasteiger partial charge on any atom is 0.226 e. The summed E-state index contributed by atoms with van der Waals surface area (Å²) in [5.41, 5.74) is 10.9. The Labute approximate surface area is 242 Å². The third-order valence-corrected chi connectivity index (χ3v) is 8.14. The molecule has 0 radical (unpaired) electrons. The molecular weight excluding hydrogens is 514 g/mol. The number of thiocarbonyl (C=S) groups is 1. The van der Waals surface area contributed by atoms with Crippen LogP contribution in [0.4, 0.5) is 11.4 Å². The largest absolute Gasteiger partial charge is 0.351 e. The standard InChI is InChI=1S/C33H37N5OS/c1-19(2)32(39)35-27-15-14-25(17-22(27)5)38-31(29(36-33(38)40)28-13-8-9-16-34-28)26-18-23(6)37(24(26)7)30-20(3)11-10-12-21(30)4/h8-19,29,31H,1-7H3,(H,35,39)(H,36,40)/t29-,31+/m1/s1. The fourth-order valence-corrected chi connectivity index (χ4v) is 6.10. The molecule has 0 aliphatic carbocycles. The number of benzene rings is 2. The van der Waals surface area contributed by atoms with Gasteiger partial charge in [-0.25, -0.2) is 0 Å². The van der Waals surface area contributed by atoms with E-state index >= 15 is 0 Å². The Kier molecular flexibility index (Phi) is 7.51. The Hall–Kier alpha value is -3.97. The summed E-state index contributed by atoms with van der Waals surface area (Å²) in [6.45, 7) is 14.5. The molecule has 4 aromatic rings. The summed E-state index contributed by atoms with van der Waals surface area (Å²) < 4.78 is 2.37. The minimum Gasteiger partial charge on any atom is -0.351 e. The number of amides is 1. The van der Waals surface area contributed by atoms with Gasteiger partial charge in [0.05, 0.1) is 23.5 Å². The molecule has 206 valence electrons. The smallest absolute Gasteiger partial charge is 0.226 e. The van der Waals surface area contributed by atoms with E-state index in [0.29, 0.717) is 5.11 Å². The average Bonchev–Trinajstić information content (AvgIpc) is 3.41. The molecule has 0 saturated carbocycles. The van der Waals surface area contributed by atoms with Crippen LogP contribution in [0.15, 0.2) is 66.9 Å². The first-order valence-corrected chi connectivity index (χ1v) is 14.2. The molecule has 1 aliphatic heterocycles. The minimum atomic E-state index is -0.138. The maximum atomic E-state index is 12.4. The second-order valence-corrected chi connectivity index (χ2v) is 11.4. The molecule has 1 amide bonds. The normalized spacial score (nSPS) is 16.9. The molecule has 1 saturated heterocycles. The number of para-hydroxylation sites is 1. The molecule has 3 heterocycles. The summed E-state index contributed by atoms with van der Waals surface area (Å²) >= 11 is 5.99. The summed E-state index contributed by atoms with van der Waals surface area (Å²) in [6.07, 6.45) is 1.83. The second kappa shape index (κ2) is 10.9. The number of anilines is 2. The molecule has 2 N–H and O–H groups in total. The highest BCUT2D eigenvalue weighted by atomic mass is 32.1. The van der Waals surface area contributed by atoms with E-state index in [0.717, 1.165) is 22.6 Å². The molecule has 2 aromatic carbocycles. The lowest BCUT2D eigenvalue weighted by atomic mass is 9.96. The quantitative estimate of drug-likeness (QED) is 0.249. The molecule has 2 atom stereocenters. The van der Waals surface area contributed by atoms with Crippen LogP contribution in [0.5, 0.6) is 0 Å². The topological polar surface area (TPSA) is 62.2 Å². The molecule has 1 fully saturated rings. The third-order valence-electron chi connectivity index (χ3n) is 7.82. The molecule has 0 bridgehead atoms. The third kappa shape index (κ3) is 4.90. The lowest BCUT2D eigenvalue weighted by Gasteiger charge is -2.29. The number of rotatable bonds is 6. The van der Waals surface area contributed by atoms with Gasteiger partial charge >= 0.3 is 0 Å². The first kappa shape index (κ1) is 27.6. The van der Waals surface area contributed by atoms with Gasteiger partial charge in [0.25, 0.3) is 0 Å². The summed E-state index contributed by atoms with van der Waals surface area (Å²) in [5.74, 6) is -0.0914. The number of aryl methyl sites for hydroxylation is 4. The molecule has 7 heteroatoms. The minimum absolute atomic E-state index is 0.00115. The van der Waals surface area contributed by atoms with Crippen molar-refractivity contribution in [2.75, 3.05) is 10.2 Å². The molecular formula is C33H37N5OS. The van der Waals surface area contributed by atoms with Crippen LogP contribution in [0.25, 0.3) is 5.69 Å². The second-order valence-electron chi connectivity index (χ2n) is 11.0. The number of pyridine rings is 1. The van der Waals surface area contributed by atoms with Crippen LogP contribution in [-0.2, 0) is 4.79 Å². The van der Waals surface area contributed by atoms with Gasteiger partial charge in [0.2, 0.25) is 5.91 Å². The highest BCUT2D eigenvalue weighted by Gasteiger charge is 2.42. The van der Waals surface area contributed by atoms with Gasteiger partial charge in [0, 0.05) is 34.9 Å². The fraction of sp³-hybridized carbons (Fsp3) is 0.303. The van der Waals surface area contributed by atoms with Crippen LogP contribution in [0, 0.1) is 40.5 Å². The van der Waals surface area contributed by atoms with Gasteiger partial charge < -0.3 is 20.1 Å². The maximum absolute atomic E-state index is 12.4. The highest BCUT2D eigenvalue weighted by molar-refractivity contribution is 7.80. The number of aromatic nitrogens is 2. The van der Waals surface area contributed by atoms with Gasteiger partial charge in [-0.1, -0.05) is 38.1 Å². The van der Waals surface area contributed by atoms with Crippen LogP contribution in [0.3, 0.4) is 0 Å². The highest BCUT2D eigenvalue weighted by Crippen LogP contribution is 2.44. The molecule has 40 heavy (non-hydrogen) atoms. The molecule has 0 unspecified atom stereocenters. The number of hydrogen-bond acceptors (Lipinski definition) is 3. The van der Waals surface area contributed by atoms with Crippen molar-refractivity contribution in [3.05, 3.63) is 106 Å². The number of hydrogen-bond donors (Lipinski definition) is 2. The van der Waals surface area contributed by atoms with Crippen LogP contribution in [0.1, 0.15) is 65.3 Å². The predicted molar refractivity (Wildman–Crippen MR) is 167 cm³/mol. The molecule has 5 rings (SSSR count). The first-order chi connectivity index (χ1) is 19.1. The van der Waals surface area contributed by atoms with E-state index in [1.54, 1.807) is 0 Å². The molecule has 2 aromatic heterocycles. The van der Waals surface area contributed by atoms with E-state index in [-0.39, 0.29) is 23.9 Å². The number of nitrogens with one attached hydrogen (secondary N) is 2. The molecule has 6 nitrogen and oxygen atoms in total. The summed E-state index contributed by atoms with van der Waals surface area (Å²) in [6, 6.07) is 20.6. The van der Waals surface area contributed by atoms with Crippen molar-refractivity contribution in [3.63, 3.8) is 0 Å². The summed E-state index contributed by atoms with van der Waals surface area (Å²) in [7, 11) is 0. The van der Waals surface area contributed by atoms with E-state index in [1.807, 2.05) is 51.2 Å². The first-order valence-electron chi connectivity index (χ1n) is 13.8. The zero-order chi connectivity index (χ0) is 28.7. The van der Waals surface area contributed by atoms with Gasteiger partial charge in [0.1, 0.15) is 0 Å². The van der Waals surface area contributed by atoms with Crippen LogP contribution in [-0.4, -0.2) is 20.6 Å². The van der Waals surface area contributed by atoms with Gasteiger partial charge in [-0.05, 0) is 105 Å². The van der Waals surface area contributed by atoms with Crippen LogP contribution in [0.2, 0.25) is 0 Å². The number of carbonyl (C=O) groups excluding carboxylic acids is 1. The zero-order valence-electron chi connectivity index (χ0n) is 24.2. The average molecular weight is 552 g/mol. The Balaban J connectivity index is 1.65. The van der Waals surface area contributed by atoms with E-state index < -0.39 is 0 Å². The Bertz CT molecular complexity index is 1570. The van der Waals surface area contributed by atoms with E-state index in [4.69, 9.17) is 17.2 Å². The fourth-order valence-electron chi connectivity index (χ4n) is 5.75. The van der Waals surface area contributed by atoms with Gasteiger partial charge in [-0.3, -0.25) is 9.78 Å². The van der Waals surface area contributed by atoms with Crippen molar-refractivity contribution in [2.24, 2.45) is 5.92 Å².